The van der Waals surface area contributed by atoms with E-state index in [4.69, 9.17) is 0 Å². The van der Waals surface area contributed by atoms with E-state index in [9.17, 15) is 0 Å². The van der Waals surface area contributed by atoms with Crippen LogP contribution in [-0.4, -0.2) is 11.5 Å². The Hall–Kier alpha value is -0.930. The van der Waals surface area contributed by atoms with Gasteiger partial charge in [0, 0.05) is 6.54 Å². The fourth-order valence-corrected chi connectivity index (χ4v) is 3.42. The van der Waals surface area contributed by atoms with Gasteiger partial charge < -0.3 is 5.32 Å². The van der Waals surface area contributed by atoms with Crippen molar-refractivity contribution in [3.05, 3.63) is 28.7 Å². The van der Waals surface area contributed by atoms with Crippen molar-refractivity contribution in [3.63, 3.8) is 0 Å². The van der Waals surface area contributed by atoms with E-state index in [1.165, 1.54) is 32.1 Å². The molecular formula is C15H22N2S. The van der Waals surface area contributed by atoms with Gasteiger partial charge in [0.15, 0.2) is 0 Å². The minimum Gasteiger partial charge on any atom is -0.310 e. The summed E-state index contributed by atoms with van der Waals surface area (Å²) in [7, 11) is 0. The van der Waals surface area contributed by atoms with Gasteiger partial charge in [-0.2, -0.15) is 0 Å². The van der Waals surface area contributed by atoms with Crippen LogP contribution in [0, 0.1) is 5.92 Å². The first-order chi connectivity index (χ1) is 8.83. The van der Waals surface area contributed by atoms with E-state index in [1.54, 1.807) is 17.4 Å². The van der Waals surface area contributed by atoms with Gasteiger partial charge in [-0.15, -0.1) is 11.3 Å². The van der Waals surface area contributed by atoms with E-state index in [-0.39, 0.29) is 0 Å². The summed E-state index contributed by atoms with van der Waals surface area (Å²) in [6, 6.07) is 0. The molecule has 1 saturated carbocycles. The van der Waals surface area contributed by atoms with Gasteiger partial charge in [0.25, 0.3) is 0 Å². The monoisotopic (exact) mass is 262 g/mol. The van der Waals surface area contributed by atoms with Crippen LogP contribution < -0.4 is 5.32 Å². The second-order valence-corrected chi connectivity index (χ2v) is 6.02. The van der Waals surface area contributed by atoms with Crippen LogP contribution in [0.3, 0.4) is 0 Å². The molecule has 1 heterocycles. The summed E-state index contributed by atoms with van der Waals surface area (Å²) in [5, 5.41) is 4.67. The molecule has 0 spiro atoms. The van der Waals surface area contributed by atoms with E-state index in [1.807, 2.05) is 6.08 Å². The molecule has 18 heavy (non-hydrogen) atoms. The lowest BCUT2D eigenvalue weighted by atomic mass is 9.89. The number of hydrogen-bond acceptors (Lipinski definition) is 3. The molecule has 1 aliphatic carbocycles. The highest BCUT2D eigenvalue weighted by Crippen LogP contribution is 2.23. The summed E-state index contributed by atoms with van der Waals surface area (Å²) in [5.41, 5.74) is 0.962. The maximum Gasteiger partial charge on any atom is 0.108 e. The van der Waals surface area contributed by atoms with Gasteiger partial charge >= 0.3 is 0 Å². The van der Waals surface area contributed by atoms with Crippen LogP contribution in [-0.2, 0) is 6.54 Å². The largest absolute Gasteiger partial charge is 0.310 e. The molecule has 2 nitrogen and oxygen atoms in total. The second kappa shape index (κ2) is 6.86. The Labute approximate surface area is 114 Å². The van der Waals surface area contributed by atoms with E-state index in [0.29, 0.717) is 0 Å². The average molecular weight is 262 g/mol. The number of thiazole rings is 1. The van der Waals surface area contributed by atoms with E-state index in [2.05, 4.69) is 23.5 Å². The number of nitrogens with zero attached hydrogens (tertiary/aromatic N) is 1. The summed E-state index contributed by atoms with van der Waals surface area (Å²) in [4.78, 5) is 5.67. The van der Waals surface area contributed by atoms with Gasteiger partial charge in [-0.3, -0.25) is 0 Å². The van der Waals surface area contributed by atoms with Gasteiger partial charge in [0.1, 0.15) is 5.01 Å². The Morgan fingerprint density at radius 3 is 2.61 bits per heavy atom. The van der Waals surface area contributed by atoms with Crippen LogP contribution in [0.1, 0.15) is 47.7 Å². The van der Waals surface area contributed by atoms with Crippen molar-refractivity contribution in [1.82, 2.24) is 10.3 Å². The third-order valence-corrected chi connectivity index (χ3v) is 4.61. The molecule has 0 radical (unpaired) electrons. The number of nitrogens with one attached hydrogen (secondary N) is 1. The van der Waals surface area contributed by atoms with E-state index in [0.717, 1.165) is 34.6 Å². The predicted octanol–water partition coefficient (Wildman–Crippen LogP) is 4.10. The normalized spacial score (nSPS) is 16.7. The third-order valence-electron chi connectivity index (χ3n) is 3.54. The maximum atomic E-state index is 4.55. The zero-order valence-corrected chi connectivity index (χ0v) is 11.8. The van der Waals surface area contributed by atoms with Crippen molar-refractivity contribution in [2.24, 2.45) is 5.92 Å². The molecule has 1 aromatic heterocycles. The molecule has 0 unspecified atom stereocenters. The van der Waals surface area contributed by atoms with E-state index >= 15 is 0 Å². The minimum atomic E-state index is 0.871. The zero-order valence-electron chi connectivity index (χ0n) is 11.0. The molecule has 1 N–H and O–H groups in total. The fraction of sp³-hybridized carbons (Fsp3) is 0.533. The Morgan fingerprint density at radius 1 is 1.22 bits per heavy atom. The summed E-state index contributed by atoms with van der Waals surface area (Å²) in [5.74, 6) is 0.872. The van der Waals surface area contributed by atoms with Crippen LogP contribution in [0.25, 0.3) is 12.2 Å². The summed E-state index contributed by atoms with van der Waals surface area (Å²) < 4.78 is 0. The molecule has 1 aliphatic rings. The second-order valence-electron chi connectivity index (χ2n) is 4.90. The molecular weight excluding hydrogens is 240 g/mol. The van der Waals surface area contributed by atoms with Crippen LogP contribution >= 0.6 is 11.3 Å². The van der Waals surface area contributed by atoms with Crippen LogP contribution in [0.15, 0.2) is 13.2 Å². The molecule has 0 bridgehead atoms. The molecule has 2 rings (SSSR count). The highest BCUT2D eigenvalue weighted by molar-refractivity contribution is 7.12. The highest BCUT2D eigenvalue weighted by Gasteiger charge is 2.13. The quantitative estimate of drug-likeness (QED) is 0.835. The van der Waals surface area contributed by atoms with Crippen molar-refractivity contribution in [1.29, 1.82) is 0 Å². The summed E-state index contributed by atoms with van der Waals surface area (Å²) in [6.07, 6.45) is 10.7. The Morgan fingerprint density at radius 2 is 2.00 bits per heavy atom. The molecule has 98 valence electrons. The van der Waals surface area contributed by atoms with Crippen molar-refractivity contribution >= 4 is 23.5 Å². The highest BCUT2D eigenvalue weighted by atomic mass is 32.1. The van der Waals surface area contributed by atoms with Crippen LogP contribution in [0.5, 0.6) is 0 Å². The topological polar surface area (TPSA) is 24.9 Å². The molecule has 0 saturated heterocycles. The number of hydrogen-bond donors (Lipinski definition) is 1. The molecule has 0 aromatic carbocycles. The van der Waals surface area contributed by atoms with Crippen molar-refractivity contribution in [3.8, 4) is 0 Å². The van der Waals surface area contributed by atoms with Crippen molar-refractivity contribution in [2.75, 3.05) is 6.54 Å². The van der Waals surface area contributed by atoms with Crippen LogP contribution in [0.4, 0.5) is 0 Å². The average Bonchev–Trinajstić information content (AvgIpc) is 2.82. The molecule has 0 aliphatic heterocycles. The Kier molecular flexibility index (Phi) is 5.14. The van der Waals surface area contributed by atoms with E-state index < -0.39 is 0 Å². The van der Waals surface area contributed by atoms with Crippen molar-refractivity contribution in [2.45, 2.75) is 38.6 Å². The molecule has 0 amide bonds. The summed E-state index contributed by atoms with van der Waals surface area (Å²) in [6.45, 7) is 9.59. The molecule has 0 atom stereocenters. The first-order valence-electron chi connectivity index (χ1n) is 6.78. The number of aromatic nitrogens is 1. The smallest absolute Gasteiger partial charge is 0.108 e. The standard InChI is InChI=1S/C15H22N2S/c1-3-13-14(4-2)18-15(17-13)11-16-10-12-8-6-5-7-9-12/h3-4,12,16H,1-2,5-11H2. The lowest BCUT2D eigenvalue weighted by Gasteiger charge is -2.21. The molecule has 3 heteroatoms. The predicted molar refractivity (Wildman–Crippen MR) is 80.6 cm³/mol. The lowest BCUT2D eigenvalue weighted by molar-refractivity contribution is 0.342. The zero-order chi connectivity index (χ0) is 12.8. The maximum absolute atomic E-state index is 4.55. The first-order valence-corrected chi connectivity index (χ1v) is 7.60. The Bertz CT molecular complexity index is 377. The van der Waals surface area contributed by atoms with Gasteiger partial charge in [0.2, 0.25) is 0 Å². The van der Waals surface area contributed by atoms with Gasteiger partial charge in [-0.25, -0.2) is 4.98 Å². The summed E-state index contributed by atoms with van der Waals surface area (Å²) >= 11 is 1.71. The van der Waals surface area contributed by atoms with Gasteiger partial charge in [-0.05, 0) is 37.5 Å². The lowest BCUT2D eigenvalue weighted by Crippen LogP contribution is -2.24. The minimum absolute atomic E-state index is 0.871. The number of rotatable bonds is 6. The van der Waals surface area contributed by atoms with Gasteiger partial charge in [0.05, 0.1) is 10.6 Å². The van der Waals surface area contributed by atoms with Gasteiger partial charge in [-0.1, -0.05) is 32.4 Å². The molecule has 1 fully saturated rings. The SMILES string of the molecule is C=Cc1nc(CNCC2CCCCC2)sc1C=C. The van der Waals surface area contributed by atoms with Crippen molar-refractivity contribution < 1.29 is 0 Å². The van der Waals surface area contributed by atoms with Crippen LogP contribution in [0.2, 0.25) is 0 Å². The molecule has 1 aromatic rings. The first kappa shape index (κ1) is 13.5. The Balaban J connectivity index is 1.80. The fourth-order valence-electron chi connectivity index (χ4n) is 2.53. The third kappa shape index (κ3) is 3.53.